The zero-order valence-electron chi connectivity index (χ0n) is 79.3. The molecule has 15 rings (SSSR count). The van der Waals surface area contributed by atoms with Gasteiger partial charge in [0.2, 0.25) is 0 Å². The predicted molar refractivity (Wildman–Crippen MR) is 551 cm³/mol. The second-order valence-electron chi connectivity index (χ2n) is 36.4. The lowest BCUT2D eigenvalue weighted by atomic mass is 9.78. The fourth-order valence-electron chi connectivity index (χ4n) is 18.5. The molecule has 0 spiro atoms. The van der Waals surface area contributed by atoms with Crippen molar-refractivity contribution in [3.05, 3.63) is 298 Å². The second kappa shape index (κ2) is 61.5. The van der Waals surface area contributed by atoms with E-state index < -0.39 is 0 Å². The third-order valence-corrected chi connectivity index (χ3v) is 28.2. The molecule has 0 heterocycles. The maximum absolute atomic E-state index is 12.4. The monoisotopic (exact) mass is 1940 g/mol. The molecule has 10 aromatic rings. The van der Waals surface area contributed by atoms with Crippen molar-refractivity contribution in [3.63, 3.8) is 0 Å². The van der Waals surface area contributed by atoms with Crippen LogP contribution in [0.3, 0.4) is 0 Å². The molecule has 0 amide bonds. The molecular formula is C115H140F5O10S5. The zero-order valence-corrected chi connectivity index (χ0v) is 83.4. The molecule has 0 bridgehead atoms. The third-order valence-electron chi connectivity index (χ3n) is 26.9. The first kappa shape index (κ1) is 114. The van der Waals surface area contributed by atoms with E-state index in [4.69, 9.17) is 86.8 Å². The van der Waals surface area contributed by atoms with Crippen LogP contribution in [0.1, 0.15) is 312 Å². The van der Waals surface area contributed by atoms with Crippen molar-refractivity contribution in [1.29, 1.82) is 0 Å². The van der Waals surface area contributed by atoms with Gasteiger partial charge in [-0.15, -0.1) is 0 Å². The summed E-state index contributed by atoms with van der Waals surface area (Å²) in [5.74, 6) is 5.35. The predicted octanol–water partition coefficient (Wildman–Crippen LogP) is 33.1. The van der Waals surface area contributed by atoms with E-state index in [9.17, 15) is 24.0 Å². The van der Waals surface area contributed by atoms with Crippen LogP contribution in [0, 0.1) is 29.6 Å². The first-order valence-corrected chi connectivity index (χ1v) is 50.7. The van der Waals surface area contributed by atoms with Crippen molar-refractivity contribution in [3.8, 4) is 28.7 Å². The maximum Gasteiger partial charge on any atom is 0.314 e. The van der Waals surface area contributed by atoms with Gasteiger partial charge in [-0.1, -0.05) is 251 Å². The Morgan fingerprint density at radius 3 is 0.444 bits per heavy atom. The lowest BCUT2D eigenvalue weighted by Gasteiger charge is -2.27. The first-order chi connectivity index (χ1) is 63.3. The lowest BCUT2D eigenvalue weighted by molar-refractivity contribution is -0.141. The molecular weight excluding hydrogens is 1800 g/mol. The van der Waals surface area contributed by atoms with E-state index in [1.165, 1.54) is 152 Å². The van der Waals surface area contributed by atoms with Crippen LogP contribution in [-0.2, 0) is 56.1 Å². The lowest BCUT2D eigenvalue weighted by Crippen LogP contribution is -2.25. The summed E-state index contributed by atoms with van der Waals surface area (Å²) in [6, 6.07) is 81.1. The number of unbranched alkanes of at least 4 members (excludes halogenated alkanes) is 5. The number of halogens is 5. The van der Waals surface area contributed by atoms with Crippen molar-refractivity contribution in [1.82, 2.24) is 0 Å². The molecule has 10 aromatic carbocycles. The molecule has 5 saturated carbocycles. The Balaban J connectivity index is 0.000000257. The highest BCUT2D eigenvalue weighted by Crippen LogP contribution is 2.43. The highest BCUT2D eigenvalue weighted by Gasteiger charge is 2.34. The Labute approximate surface area is 828 Å². The van der Waals surface area contributed by atoms with Gasteiger partial charge in [0.1, 0.15) is 28.7 Å². The van der Waals surface area contributed by atoms with Crippen molar-refractivity contribution in [2.75, 3.05) is 0 Å². The zero-order chi connectivity index (χ0) is 91.8. The van der Waals surface area contributed by atoms with Gasteiger partial charge >= 0.3 is 29.8 Å². The number of rotatable bonds is 30. The van der Waals surface area contributed by atoms with E-state index in [1.54, 1.807) is 121 Å². The van der Waals surface area contributed by atoms with Crippen LogP contribution in [-0.4, -0.2) is 29.8 Å². The number of carbonyl (C=O) groups excluding carboxylic acids is 5. The maximum atomic E-state index is 12.4. The van der Waals surface area contributed by atoms with E-state index in [-0.39, 0.29) is 83.0 Å². The highest BCUT2D eigenvalue weighted by molar-refractivity contribution is 7.81. The van der Waals surface area contributed by atoms with Crippen molar-refractivity contribution >= 4 is 93.0 Å². The molecule has 5 radical (unpaired) electrons. The Morgan fingerprint density at radius 1 is 0.200 bits per heavy atom. The molecule has 0 atom stereocenters. The van der Waals surface area contributed by atoms with E-state index in [1.807, 2.05) is 0 Å². The van der Waals surface area contributed by atoms with Crippen molar-refractivity contribution in [2.45, 2.75) is 313 Å². The minimum Gasteiger partial charge on any atom is -0.426 e. The van der Waals surface area contributed by atoms with Crippen LogP contribution in [0.5, 0.6) is 28.7 Å². The average molecular weight is 1940 g/mol. The quantitative estimate of drug-likeness (QED) is 0.0244. The molecule has 135 heavy (non-hydrogen) atoms. The highest BCUT2D eigenvalue weighted by atomic mass is 32.1. The molecule has 0 aromatic heterocycles. The number of esters is 5. The number of aryl methyl sites for hydroxylation is 5. The van der Waals surface area contributed by atoms with Gasteiger partial charge in [-0.05, 0) is 399 Å². The summed E-state index contributed by atoms with van der Waals surface area (Å²) in [4.78, 5) is 65.7. The topological polar surface area (TPSA) is 132 Å². The van der Waals surface area contributed by atoms with E-state index in [0.717, 1.165) is 153 Å². The number of benzene rings is 10. The van der Waals surface area contributed by atoms with Crippen LogP contribution < -0.4 is 23.7 Å². The molecule has 0 unspecified atom stereocenters. The van der Waals surface area contributed by atoms with Gasteiger partial charge in [-0.2, -0.15) is 0 Å². The molecule has 0 saturated heterocycles. The first-order valence-electron chi connectivity index (χ1n) is 48.7. The summed E-state index contributed by atoms with van der Waals surface area (Å²) in [6.45, 7) is 11.1. The largest absolute Gasteiger partial charge is 0.426 e. The van der Waals surface area contributed by atoms with Crippen molar-refractivity contribution < 1.29 is 71.2 Å². The third kappa shape index (κ3) is 38.3. The summed E-state index contributed by atoms with van der Waals surface area (Å²) in [6.07, 6.45) is 37.9. The van der Waals surface area contributed by atoms with Gasteiger partial charge in [-0.3, -0.25) is 47.5 Å². The Morgan fingerprint density at radius 2 is 0.326 bits per heavy atom. The number of ether oxygens (including phenoxy) is 5. The van der Waals surface area contributed by atoms with E-state index in [0.29, 0.717) is 58.3 Å². The number of carbonyl (C=O) groups is 5. The second-order valence-corrected chi connectivity index (χ2v) is 38.8. The SMILES string of the molecule is CCCCc1ccc(C2CCC(C(=O)Oc3ccc([S])cc3)CC2)cc1.CCCCc1ccc(C2CCC(C(=O)Oc3ccc([S])cc3)CC2)cc1.CCCCc1ccc(C2CCC(C(=O)Oc3ccc([S])cc3)CC2)cc1.CCCCc1ccc(C2CCC(C(=O)Oc3ccc([S])cc3)CC2)cc1.CCCCc1ccc(C2CCC(C(=O)Oc3ccc([S])cc3)CC2)cc1.F.F.F.F.F. The van der Waals surface area contributed by atoms with E-state index in [2.05, 4.69) is 156 Å². The summed E-state index contributed by atoms with van der Waals surface area (Å²) in [5.41, 5.74) is 14.2. The smallest absolute Gasteiger partial charge is 0.314 e. The molecule has 5 aliphatic carbocycles. The number of hydrogen-bond donors (Lipinski definition) is 0. The van der Waals surface area contributed by atoms with Gasteiger partial charge in [0.25, 0.3) is 0 Å². The average Bonchev–Trinajstić information content (AvgIpc) is 0.854. The van der Waals surface area contributed by atoms with Gasteiger partial charge in [0.15, 0.2) is 0 Å². The molecule has 0 aliphatic heterocycles. The molecule has 5 fully saturated rings. The Bertz CT molecular complexity index is 4260. The molecule has 0 N–H and O–H groups in total. The van der Waals surface area contributed by atoms with Gasteiger partial charge < -0.3 is 23.7 Å². The summed E-state index contributed by atoms with van der Waals surface area (Å²) in [7, 11) is 0. The fourth-order valence-corrected chi connectivity index (χ4v) is 19.2. The van der Waals surface area contributed by atoms with Crippen LogP contribution >= 0.6 is 63.1 Å². The van der Waals surface area contributed by atoms with Crippen LogP contribution in [0.15, 0.2) is 267 Å². The molecule has 20 heteroatoms. The summed E-state index contributed by atoms with van der Waals surface area (Å²) < 4.78 is 27.6. The van der Waals surface area contributed by atoms with Gasteiger partial charge in [0.05, 0.1) is 29.6 Å². The summed E-state index contributed by atoms with van der Waals surface area (Å²) in [5, 5.41) is 0. The minimum absolute atomic E-state index is 0. The van der Waals surface area contributed by atoms with E-state index >= 15 is 0 Å². The summed E-state index contributed by atoms with van der Waals surface area (Å²) >= 11 is 25.3. The minimum atomic E-state index is -0.101. The standard InChI is InChI=1S/5C23H27O2S.5FH/c5*1-2-3-4-17-5-7-18(8-6-17)19-9-11-20(12-10-19)23(24)25-21-13-15-22(26)16-14-21;;;;;/h5*5-8,13-16,19-20H,2-4,9-12H2,1H3;5*1H. The van der Waals surface area contributed by atoms with Crippen LogP contribution in [0.25, 0.3) is 0 Å². The van der Waals surface area contributed by atoms with Crippen molar-refractivity contribution in [2.24, 2.45) is 29.6 Å². The normalized spacial score (nSPS) is 19.1. The fraction of sp³-hybridized carbons (Fsp3) is 0.435. The molecule has 10 nitrogen and oxygen atoms in total. The molecule has 725 valence electrons. The van der Waals surface area contributed by atoms with Gasteiger partial charge in [0, 0.05) is 24.5 Å². The number of hydrogen-bond acceptors (Lipinski definition) is 10. The Hall–Kier alpha value is -9.70. The van der Waals surface area contributed by atoms with Crippen LogP contribution in [0.4, 0.5) is 23.5 Å². The van der Waals surface area contributed by atoms with Gasteiger partial charge in [-0.25, -0.2) is 0 Å². The van der Waals surface area contributed by atoms with Crippen LogP contribution in [0.2, 0.25) is 0 Å². The molecule has 5 aliphatic rings. The Kier molecular flexibility index (Phi) is 51.9.